The van der Waals surface area contributed by atoms with Gasteiger partial charge in [0.05, 0.1) is 34.8 Å². The second-order valence-electron chi connectivity index (χ2n) is 12.1. The molecular formula is C35H46N4O5S. The fraction of sp³-hybridized carbons (Fsp3) is 0.429. The number of nitrogens with zero attached hydrogens (tertiary/aromatic N) is 1. The van der Waals surface area contributed by atoms with E-state index in [9.17, 15) is 23.1 Å². The molecule has 4 N–H and O–H groups in total. The molecule has 3 aromatic carbocycles. The Morgan fingerprint density at radius 3 is 2.13 bits per heavy atom. The number of carbonyl (C=O) groups excluding carboxylic acids is 2. The van der Waals surface area contributed by atoms with Gasteiger partial charge in [0.25, 0.3) is 5.91 Å². The highest BCUT2D eigenvalue weighted by Gasteiger charge is 2.29. The van der Waals surface area contributed by atoms with Crippen LogP contribution in [0.15, 0.2) is 84.9 Å². The minimum atomic E-state index is -3.78. The number of aliphatic hydroxyl groups is 1. The molecule has 1 fully saturated rings. The molecule has 2 amide bonds. The number of aliphatic hydroxyl groups excluding tert-OH is 1. The number of carbonyl (C=O) groups is 2. The highest BCUT2D eigenvalue weighted by Crippen LogP contribution is 2.31. The number of benzene rings is 3. The number of rotatable bonds is 14. The van der Waals surface area contributed by atoms with E-state index in [4.69, 9.17) is 0 Å². The van der Waals surface area contributed by atoms with Gasteiger partial charge in [-0.1, -0.05) is 73.9 Å². The first-order valence-electron chi connectivity index (χ1n) is 15.8. The van der Waals surface area contributed by atoms with Gasteiger partial charge < -0.3 is 21.1 Å². The number of hydrogen-bond donors (Lipinski definition) is 4. The van der Waals surface area contributed by atoms with Crippen molar-refractivity contribution in [3.8, 4) is 0 Å². The average molecular weight is 635 g/mol. The predicted molar refractivity (Wildman–Crippen MR) is 179 cm³/mol. The van der Waals surface area contributed by atoms with Crippen LogP contribution in [-0.2, 0) is 21.2 Å². The Morgan fingerprint density at radius 1 is 0.867 bits per heavy atom. The van der Waals surface area contributed by atoms with Crippen LogP contribution in [0.1, 0.15) is 68.8 Å². The largest absolute Gasteiger partial charge is 0.390 e. The van der Waals surface area contributed by atoms with Crippen LogP contribution in [0.4, 0.5) is 11.4 Å². The standard InChI is InChI=1S/C35H46N4O5S/c1-25(2)45(43,44)39(30-19-11-6-12-20-30)31-21-13-16-28(23-31)35(42)38-32(22-27-14-7-4-8-15-27)33(40)24-36-26(3)34(41)37-29-17-9-5-10-18-29/h4,6-8,11-16,19-21,23,25-26,29,32-33,36,40H,5,9-10,17-18,22,24H2,1-3H3,(H,37,41)(H,38,42)/t26-,32-,33+/m0/s1. The number of para-hydroxylation sites is 1. The zero-order valence-corrected chi connectivity index (χ0v) is 27.2. The third-order valence-electron chi connectivity index (χ3n) is 8.24. The van der Waals surface area contributed by atoms with Crippen molar-refractivity contribution in [2.45, 2.75) is 88.8 Å². The van der Waals surface area contributed by atoms with E-state index in [0.717, 1.165) is 31.2 Å². The normalized spacial score (nSPS) is 16.0. The van der Waals surface area contributed by atoms with Crippen LogP contribution in [0.5, 0.6) is 0 Å². The van der Waals surface area contributed by atoms with Crippen molar-refractivity contribution in [2.24, 2.45) is 0 Å². The summed E-state index contributed by atoms with van der Waals surface area (Å²) < 4.78 is 28.1. The molecule has 1 aliphatic rings. The van der Waals surface area contributed by atoms with E-state index in [-0.39, 0.29) is 24.1 Å². The Kier molecular flexibility index (Phi) is 12.2. The van der Waals surface area contributed by atoms with Gasteiger partial charge in [0.15, 0.2) is 0 Å². The van der Waals surface area contributed by atoms with Crippen molar-refractivity contribution in [1.29, 1.82) is 0 Å². The highest BCUT2D eigenvalue weighted by atomic mass is 32.2. The summed E-state index contributed by atoms with van der Waals surface area (Å²) >= 11 is 0. The summed E-state index contributed by atoms with van der Waals surface area (Å²) in [4.78, 5) is 26.4. The van der Waals surface area contributed by atoms with Crippen molar-refractivity contribution >= 4 is 33.2 Å². The SMILES string of the molecule is CC(C)S(=O)(=O)N(c1ccccc1)c1cccc(C(=O)N[C@@H](Cc2ccccc2)[C@H](O)CN[C@@H](C)C(=O)NC2CCCCC2)c1. The molecule has 3 aromatic rings. The highest BCUT2D eigenvalue weighted by molar-refractivity contribution is 7.93. The second-order valence-corrected chi connectivity index (χ2v) is 14.4. The van der Waals surface area contributed by atoms with Gasteiger partial charge in [-0.25, -0.2) is 12.7 Å². The van der Waals surface area contributed by atoms with Crippen molar-refractivity contribution in [3.63, 3.8) is 0 Å². The van der Waals surface area contributed by atoms with Gasteiger partial charge >= 0.3 is 0 Å². The predicted octanol–water partition coefficient (Wildman–Crippen LogP) is 4.69. The number of anilines is 2. The maximum absolute atomic E-state index is 13.6. The van der Waals surface area contributed by atoms with Gasteiger partial charge in [-0.15, -0.1) is 0 Å². The fourth-order valence-corrected chi connectivity index (χ4v) is 6.74. The summed E-state index contributed by atoms with van der Waals surface area (Å²) in [5.41, 5.74) is 1.99. The van der Waals surface area contributed by atoms with Gasteiger partial charge in [-0.2, -0.15) is 0 Å². The van der Waals surface area contributed by atoms with Crippen LogP contribution in [-0.4, -0.2) is 61.4 Å². The maximum atomic E-state index is 13.6. The summed E-state index contributed by atoms with van der Waals surface area (Å²) in [6, 6.07) is 23.8. The number of amides is 2. The summed E-state index contributed by atoms with van der Waals surface area (Å²) in [7, 11) is -3.78. The monoisotopic (exact) mass is 634 g/mol. The molecule has 0 spiro atoms. The Labute approximate surface area is 267 Å². The first kappa shape index (κ1) is 34.1. The lowest BCUT2D eigenvalue weighted by Gasteiger charge is -2.28. The van der Waals surface area contributed by atoms with Crippen LogP contribution < -0.4 is 20.3 Å². The van der Waals surface area contributed by atoms with E-state index < -0.39 is 39.4 Å². The van der Waals surface area contributed by atoms with Gasteiger partial charge in [-0.3, -0.25) is 9.59 Å². The van der Waals surface area contributed by atoms with E-state index in [1.54, 1.807) is 69.3 Å². The molecular weight excluding hydrogens is 588 g/mol. The van der Waals surface area contributed by atoms with Crippen LogP contribution in [0.25, 0.3) is 0 Å². The van der Waals surface area contributed by atoms with Gasteiger partial charge in [0.2, 0.25) is 15.9 Å². The molecule has 0 radical (unpaired) electrons. The molecule has 0 unspecified atom stereocenters. The topological polar surface area (TPSA) is 128 Å². The molecule has 9 nitrogen and oxygen atoms in total. The zero-order valence-electron chi connectivity index (χ0n) is 26.4. The fourth-order valence-electron chi connectivity index (χ4n) is 5.50. The van der Waals surface area contributed by atoms with Crippen molar-refractivity contribution in [2.75, 3.05) is 10.8 Å². The van der Waals surface area contributed by atoms with Gasteiger partial charge in [0.1, 0.15) is 0 Å². The molecule has 242 valence electrons. The van der Waals surface area contributed by atoms with Crippen LogP contribution >= 0.6 is 0 Å². The third kappa shape index (κ3) is 9.39. The van der Waals surface area contributed by atoms with Crippen molar-refractivity contribution < 1.29 is 23.1 Å². The van der Waals surface area contributed by atoms with Gasteiger partial charge in [0, 0.05) is 18.2 Å². The number of sulfonamides is 1. The van der Waals surface area contributed by atoms with Crippen LogP contribution in [0, 0.1) is 0 Å². The maximum Gasteiger partial charge on any atom is 0.251 e. The zero-order chi connectivity index (χ0) is 32.4. The first-order chi connectivity index (χ1) is 21.6. The Balaban J connectivity index is 1.50. The Bertz CT molecular complexity index is 1490. The second kappa shape index (κ2) is 16.0. The van der Waals surface area contributed by atoms with Crippen LogP contribution in [0.3, 0.4) is 0 Å². The third-order valence-corrected chi connectivity index (χ3v) is 10.4. The van der Waals surface area contributed by atoms with Crippen LogP contribution in [0.2, 0.25) is 0 Å². The quantitative estimate of drug-likeness (QED) is 0.204. The van der Waals surface area contributed by atoms with E-state index in [2.05, 4.69) is 16.0 Å². The molecule has 0 saturated heterocycles. The lowest BCUT2D eigenvalue weighted by molar-refractivity contribution is -0.123. The van der Waals surface area contributed by atoms with E-state index >= 15 is 0 Å². The van der Waals surface area contributed by atoms with E-state index in [0.29, 0.717) is 17.8 Å². The van der Waals surface area contributed by atoms with E-state index in [1.165, 1.54) is 10.7 Å². The molecule has 0 bridgehead atoms. The summed E-state index contributed by atoms with van der Waals surface area (Å²) in [6.45, 7) is 5.09. The van der Waals surface area contributed by atoms with E-state index in [1.807, 2.05) is 36.4 Å². The molecule has 3 atom stereocenters. The Morgan fingerprint density at radius 2 is 1.49 bits per heavy atom. The summed E-state index contributed by atoms with van der Waals surface area (Å²) in [5.74, 6) is -0.552. The molecule has 1 saturated carbocycles. The first-order valence-corrected chi connectivity index (χ1v) is 17.3. The molecule has 45 heavy (non-hydrogen) atoms. The molecule has 4 rings (SSSR count). The Hall–Kier alpha value is -3.73. The molecule has 1 aliphatic carbocycles. The smallest absolute Gasteiger partial charge is 0.251 e. The molecule has 0 aliphatic heterocycles. The van der Waals surface area contributed by atoms with Crippen molar-refractivity contribution in [3.05, 3.63) is 96.1 Å². The van der Waals surface area contributed by atoms with Gasteiger partial charge in [-0.05, 0) is 75.9 Å². The van der Waals surface area contributed by atoms with Crippen molar-refractivity contribution in [1.82, 2.24) is 16.0 Å². The lowest BCUT2D eigenvalue weighted by Crippen LogP contribution is -2.53. The summed E-state index contributed by atoms with van der Waals surface area (Å²) in [5, 5.41) is 19.8. The summed E-state index contributed by atoms with van der Waals surface area (Å²) in [6.07, 6.45) is 4.76. The molecule has 0 heterocycles. The minimum Gasteiger partial charge on any atom is -0.390 e. The lowest BCUT2D eigenvalue weighted by atomic mass is 9.95. The molecule has 10 heteroatoms. The minimum absolute atomic E-state index is 0.0888. The average Bonchev–Trinajstić information content (AvgIpc) is 3.04. The number of hydrogen-bond acceptors (Lipinski definition) is 6. The molecule has 0 aromatic heterocycles. The number of nitrogens with one attached hydrogen (secondary N) is 3.